The lowest BCUT2D eigenvalue weighted by Crippen LogP contribution is -2.26. The van der Waals surface area contributed by atoms with Crippen molar-refractivity contribution in [3.8, 4) is 5.75 Å². The molecule has 1 aromatic carbocycles. The Bertz CT molecular complexity index is 394. The number of hydrogen-bond acceptors (Lipinski definition) is 3. The van der Waals surface area contributed by atoms with Gasteiger partial charge in [-0.3, -0.25) is 4.79 Å². The summed E-state index contributed by atoms with van der Waals surface area (Å²) in [5.74, 6) is 0.342. The molecule has 0 aliphatic rings. The topological polar surface area (TPSA) is 75.6 Å². The number of carboxylic acid groups (broad SMARTS) is 1. The van der Waals surface area contributed by atoms with Crippen LogP contribution in [0.3, 0.4) is 0 Å². The Hall–Kier alpha value is -1.75. The fourth-order valence-corrected chi connectivity index (χ4v) is 1.21. The Labute approximate surface area is 97.0 Å². The van der Waals surface area contributed by atoms with Crippen LogP contribution in [-0.2, 0) is 0 Å². The lowest BCUT2D eigenvalue weighted by atomic mass is 10.2. The first-order valence-corrected chi connectivity index (χ1v) is 4.85. The standard InChI is InChI=1S/C10H10ClNO4/c11-8-2-1-7(6-13)9(5-8)16-4-3-12-10(14)15/h1-2,5-6,12H,3-4H2,(H,14,15). The molecule has 0 aliphatic carbocycles. The summed E-state index contributed by atoms with van der Waals surface area (Å²) in [6.45, 7) is 0.271. The van der Waals surface area contributed by atoms with Crippen molar-refractivity contribution in [3.63, 3.8) is 0 Å². The van der Waals surface area contributed by atoms with E-state index in [1.165, 1.54) is 12.1 Å². The minimum absolute atomic E-state index is 0.132. The molecule has 6 heteroatoms. The fourth-order valence-electron chi connectivity index (χ4n) is 1.05. The first-order chi connectivity index (χ1) is 7.63. The molecule has 1 aromatic rings. The largest absolute Gasteiger partial charge is 0.491 e. The average molecular weight is 244 g/mol. The Balaban J connectivity index is 2.55. The second-order valence-electron chi connectivity index (χ2n) is 2.88. The zero-order valence-electron chi connectivity index (χ0n) is 8.27. The molecular formula is C10H10ClNO4. The van der Waals surface area contributed by atoms with Crippen LogP contribution in [0.25, 0.3) is 0 Å². The first-order valence-electron chi connectivity index (χ1n) is 4.48. The highest BCUT2D eigenvalue weighted by atomic mass is 35.5. The third-order valence-corrected chi connectivity index (χ3v) is 1.97. The molecular weight excluding hydrogens is 234 g/mol. The van der Waals surface area contributed by atoms with Crippen LogP contribution in [0.5, 0.6) is 5.75 Å². The van der Waals surface area contributed by atoms with Crippen molar-refractivity contribution in [1.82, 2.24) is 5.32 Å². The number of aldehydes is 1. The van der Waals surface area contributed by atoms with E-state index in [-0.39, 0.29) is 13.2 Å². The normalized spacial score (nSPS) is 9.56. The highest BCUT2D eigenvalue weighted by molar-refractivity contribution is 6.30. The highest BCUT2D eigenvalue weighted by Gasteiger charge is 2.03. The second-order valence-corrected chi connectivity index (χ2v) is 3.32. The molecule has 0 radical (unpaired) electrons. The molecule has 1 amide bonds. The number of hydrogen-bond donors (Lipinski definition) is 2. The molecule has 16 heavy (non-hydrogen) atoms. The molecule has 0 fully saturated rings. The molecule has 0 aliphatic heterocycles. The van der Waals surface area contributed by atoms with Crippen molar-refractivity contribution in [3.05, 3.63) is 28.8 Å². The number of rotatable bonds is 5. The van der Waals surface area contributed by atoms with E-state index in [1.54, 1.807) is 6.07 Å². The van der Waals surface area contributed by atoms with Crippen molar-refractivity contribution < 1.29 is 19.4 Å². The fraction of sp³-hybridized carbons (Fsp3) is 0.200. The van der Waals surface area contributed by atoms with Crippen LogP contribution in [0.4, 0.5) is 4.79 Å². The maximum atomic E-state index is 10.6. The van der Waals surface area contributed by atoms with Gasteiger partial charge in [0, 0.05) is 5.02 Å². The number of carbonyl (C=O) groups is 2. The zero-order chi connectivity index (χ0) is 12.0. The molecule has 0 aromatic heterocycles. The predicted octanol–water partition coefficient (Wildman–Crippen LogP) is 1.80. The summed E-state index contributed by atoms with van der Waals surface area (Å²) in [6.07, 6.45) is -0.471. The van der Waals surface area contributed by atoms with Crippen LogP contribution >= 0.6 is 11.6 Å². The number of benzene rings is 1. The SMILES string of the molecule is O=Cc1ccc(Cl)cc1OCCNC(=O)O. The second kappa shape index (κ2) is 5.97. The predicted molar refractivity (Wildman–Crippen MR) is 58.4 cm³/mol. The average Bonchev–Trinajstić information content (AvgIpc) is 2.24. The van der Waals surface area contributed by atoms with Crippen LogP contribution in [0.2, 0.25) is 5.02 Å². The van der Waals surface area contributed by atoms with Crippen molar-refractivity contribution >= 4 is 24.0 Å². The van der Waals surface area contributed by atoms with Crippen LogP contribution in [-0.4, -0.2) is 30.6 Å². The Morgan fingerprint density at radius 1 is 1.56 bits per heavy atom. The third-order valence-electron chi connectivity index (χ3n) is 1.74. The highest BCUT2D eigenvalue weighted by Crippen LogP contribution is 2.21. The van der Waals surface area contributed by atoms with E-state index >= 15 is 0 Å². The lowest BCUT2D eigenvalue weighted by molar-refractivity contribution is 0.111. The van der Waals surface area contributed by atoms with Crippen LogP contribution in [0, 0.1) is 0 Å². The van der Waals surface area contributed by atoms with Gasteiger partial charge in [0.05, 0.1) is 12.1 Å². The summed E-state index contributed by atoms with van der Waals surface area (Å²) in [4.78, 5) is 20.8. The molecule has 0 saturated carbocycles. The van der Waals surface area contributed by atoms with Crippen molar-refractivity contribution in [2.24, 2.45) is 0 Å². The Morgan fingerprint density at radius 3 is 2.94 bits per heavy atom. The van der Waals surface area contributed by atoms with E-state index in [1.807, 2.05) is 0 Å². The van der Waals surface area contributed by atoms with Gasteiger partial charge in [0.2, 0.25) is 0 Å². The first kappa shape index (κ1) is 12.3. The van der Waals surface area contributed by atoms with Crippen molar-refractivity contribution in [1.29, 1.82) is 0 Å². The molecule has 0 heterocycles. The van der Waals surface area contributed by atoms with E-state index in [2.05, 4.69) is 5.32 Å². The van der Waals surface area contributed by atoms with E-state index < -0.39 is 6.09 Å². The maximum Gasteiger partial charge on any atom is 0.404 e. The van der Waals surface area contributed by atoms with Gasteiger partial charge in [0.25, 0.3) is 0 Å². The van der Waals surface area contributed by atoms with Crippen molar-refractivity contribution in [2.45, 2.75) is 0 Å². The van der Waals surface area contributed by atoms with Crippen LogP contribution in [0.15, 0.2) is 18.2 Å². The number of amides is 1. The van der Waals surface area contributed by atoms with E-state index in [4.69, 9.17) is 21.4 Å². The molecule has 0 saturated heterocycles. The van der Waals surface area contributed by atoms with E-state index in [0.717, 1.165) is 0 Å². The summed E-state index contributed by atoms with van der Waals surface area (Å²) in [6, 6.07) is 4.62. The summed E-state index contributed by atoms with van der Waals surface area (Å²) in [5, 5.41) is 10.9. The van der Waals surface area contributed by atoms with E-state index in [9.17, 15) is 9.59 Å². The van der Waals surface area contributed by atoms with Gasteiger partial charge in [-0.1, -0.05) is 11.6 Å². The van der Waals surface area contributed by atoms with Gasteiger partial charge < -0.3 is 15.2 Å². The monoisotopic (exact) mass is 243 g/mol. The number of carbonyl (C=O) groups excluding carboxylic acids is 1. The van der Waals surface area contributed by atoms with Crippen molar-refractivity contribution in [2.75, 3.05) is 13.2 Å². The minimum Gasteiger partial charge on any atom is -0.491 e. The number of halogens is 1. The van der Waals surface area contributed by atoms with Gasteiger partial charge in [-0.25, -0.2) is 4.79 Å². The van der Waals surface area contributed by atoms with Gasteiger partial charge in [0.1, 0.15) is 12.4 Å². The summed E-state index contributed by atoms with van der Waals surface area (Å²) >= 11 is 5.73. The van der Waals surface area contributed by atoms with E-state index in [0.29, 0.717) is 22.6 Å². The number of nitrogens with one attached hydrogen (secondary N) is 1. The Kier molecular flexibility index (Phi) is 4.60. The summed E-state index contributed by atoms with van der Waals surface area (Å²) < 4.78 is 5.22. The van der Waals surface area contributed by atoms with Gasteiger partial charge in [-0.05, 0) is 18.2 Å². The Morgan fingerprint density at radius 2 is 2.31 bits per heavy atom. The van der Waals surface area contributed by atoms with Gasteiger partial charge in [-0.15, -0.1) is 0 Å². The molecule has 86 valence electrons. The maximum absolute atomic E-state index is 10.6. The molecule has 0 atom stereocenters. The molecule has 0 spiro atoms. The third kappa shape index (κ3) is 3.78. The zero-order valence-corrected chi connectivity index (χ0v) is 9.03. The summed E-state index contributed by atoms with van der Waals surface area (Å²) in [5.41, 5.74) is 0.375. The smallest absolute Gasteiger partial charge is 0.404 e. The molecule has 0 unspecified atom stereocenters. The minimum atomic E-state index is -1.12. The molecule has 5 nitrogen and oxygen atoms in total. The molecule has 0 bridgehead atoms. The van der Waals surface area contributed by atoms with Gasteiger partial charge >= 0.3 is 6.09 Å². The molecule has 1 rings (SSSR count). The van der Waals surface area contributed by atoms with Gasteiger partial charge in [-0.2, -0.15) is 0 Å². The van der Waals surface area contributed by atoms with Crippen LogP contribution < -0.4 is 10.1 Å². The van der Waals surface area contributed by atoms with Gasteiger partial charge in [0.15, 0.2) is 6.29 Å². The number of ether oxygens (including phenoxy) is 1. The summed E-state index contributed by atoms with van der Waals surface area (Å²) in [7, 11) is 0. The molecule has 2 N–H and O–H groups in total. The lowest BCUT2D eigenvalue weighted by Gasteiger charge is -2.08. The van der Waals surface area contributed by atoms with Crippen LogP contribution in [0.1, 0.15) is 10.4 Å². The quantitative estimate of drug-likeness (QED) is 0.611.